The Bertz CT molecular complexity index is 651. The van der Waals surface area contributed by atoms with E-state index in [0.717, 1.165) is 0 Å². The molecule has 0 saturated carbocycles. The fourth-order valence-electron chi connectivity index (χ4n) is 1.35. The number of benzene rings is 1. The van der Waals surface area contributed by atoms with Crippen molar-refractivity contribution in [3.8, 4) is 11.5 Å². The quantitative estimate of drug-likeness (QED) is 0.908. The average molecular weight is 347 g/mol. The zero-order valence-electron chi connectivity index (χ0n) is 9.23. The number of halogens is 3. The fourth-order valence-corrected chi connectivity index (χ4v) is 2.01. The van der Waals surface area contributed by atoms with Crippen LogP contribution in [0.4, 0.5) is 4.39 Å². The molecule has 1 aromatic heterocycles. The summed E-state index contributed by atoms with van der Waals surface area (Å²) in [7, 11) is 0. The van der Waals surface area contributed by atoms with E-state index in [9.17, 15) is 9.18 Å². The Kier molecular flexibility index (Phi) is 4.01. The van der Waals surface area contributed by atoms with E-state index in [0.29, 0.717) is 5.02 Å². The third-order valence-electron chi connectivity index (χ3n) is 2.18. The normalized spacial score (nSPS) is 10.3. The SMILES string of the molecule is O=C(O)c1ccc(Oc2cncc(Cl)c2)c(F)c1Br. The molecule has 0 aliphatic rings. The number of carbonyl (C=O) groups is 1. The minimum atomic E-state index is -1.23. The van der Waals surface area contributed by atoms with Crippen molar-refractivity contribution in [1.82, 2.24) is 4.98 Å². The van der Waals surface area contributed by atoms with Gasteiger partial charge in [0.05, 0.1) is 21.3 Å². The minimum absolute atomic E-state index is 0.124. The van der Waals surface area contributed by atoms with Crippen LogP contribution in [0.15, 0.2) is 35.1 Å². The second-order valence-electron chi connectivity index (χ2n) is 3.49. The summed E-state index contributed by atoms with van der Waals surface area (Å²) in [5.41, 5.74) is -0.186. The first kappa shape index (κ1) is 13.8. The van der Waals surface area contributed by atoms with Crippen molar-refractivity contribution < 1.29 is 19.0 Å². The summed E-state index contributed by atoms with van der Waals surface area (Å²) >= 11 is 8.61. The predicted octanol–water partition coefficient (Wildman–Crippen LogP) is 4.13. The number of aromatic nitrogens is 1. The molecule has 1 aromatic carbocycles. The van der Waals surface area contributed by atoms with Gasteiger partial charge < -0.3 is 9.84 Å². The average Bonchev–Trinajstić information content (AvgIpc) is 2.35. The molecular formula is C12H6BrClFNO3. The number of pyridine rings is 1. The molecule has 0 aliphatic heterocycles. The zero-order chi connectivity index (χ0) is 14.0. The van der Waals surface area contributed by atoms with Gasteiger partial charge in [-0.05, 0) is 28.1 Å². The Morgan fingerprint density at radius 3 is 2.79 bits per heavy atom. The molecule has 98 valence electrons. The number of carboxylic acids is 1. The maximum absolute atomic E-state index is 13.9. The molecule has 0 aliphatic carbocycles. The summed E-state index contributed by atoms with van der Waals surface area (Å²) in [5.74, 6) is -1.91. The molecule has 0 spiro atoms. The van der Waals surface area contributed by atoms with Crippen LogP contribution in [0, 0.1) is 5.82 Å². The maximum atomic E-state index is 13.9. The van der Waals surface area contributed by atoms with Crippen LogP contribution < -0.4 is 4.74 Å². The Labute approximate surface area is 120 Å². The van der Waals surface area contributed by atoms with Gasteiger partial charge in [-0.2, -0.15) is 0 Å². The maximum Gasteiger partial charge on any atom is 0.336 e. The van der Waals surface area contributed by atoms with Crippen LogP contribution in [-0.4, -0.2) is 16.1 Å². The van der Waals surface area contributed by atoms with Crippen molar-refractivity contribution >= 4 is 33.5 Å². The molecule has 2 rings (SSSR count). The van der Waals surface area contributed by atoms with Gasteiger partial charge in [0.2, 0.25) is 0 Å². The van der Waals surface area contributed by atoms with Crippen LogP contribution in [0.2, 0.25) is 5.02 Å². The molecule has 0 radical (unpaired) electrons. The van der Waals surface area contributed by atoms with Crippen molar-refractivity contribution in [2.24, 2.45) is 0 Å². The Hall–Kier alpha value is -1.66. The first-order valence-corrected chi connectivity index (χ1v) is 6.16. The van der Waals surface area contributed by atoms with E-state index in [2.05, 4.69) is 20.9 Å². The van der Waals surface area contributed by atoms with Crippen molar-refractivity contribution in [2.75, 3.05) is 0 Å². The van der Waals surface area contributed by atoms with Gasteiger partial charge in [-0.1, -0.05) is 11.6 Å². The van der Waals surface area contributed by atoms with Gasteiger partial charge in [-0.3, -0.25) is 4.98 Å². The van der Waals surface area contributed by atoms with Crippen LogP contribution in [0.25, 0.3) is 0 Å². The molecule has 7 heteroatoms. The first-order chi connectivity index (χ1) is 8.99. The van der Waals surface area contributed by atoms with E-state index in [1.54, 1.807) is 0 Å². The molecule has 1 heterocycles. The molecule has 0 saturated heterocycles. The van der Waals surface area contributed by atoms with Crippen molar-refractivity contribution in [3.63, 3.8) is 0 Å². The second-order valence-corrected chi connectivity index (χ2v) is 4.71. The van der Waals surface area contributed by atoms with Crippen LogP contribution in [0.3, 0.4) is 0 Å². The lowest BCUT2D eigenvalue weighted by molar-refractivity contribution is 0.0695. The first-order valence-electron chi connectivity index (χ1n) is 4.98. The summed E-state index contributed by atoms with van der Waals surface area (Å²) in [5, 5.41) is 9.19. The molecule has 19 heavy (non-hydrogen) atoms. The highest BCUT2D eigenvalue weighted by Crippen LogP contribution is 2.32. The number of hydrogen-bond acceptors (Lipinski definition) is 3. The second kappa shape index (κ2) is 5.54. The van der Waals surface area contributed by atoms with E-state index in [4.69, 9.17) is 21.4 Å². The fraction of sp³-hybridized carbons (Fsp3) is 0. The highest BCUT2D eigenvalue weighted by Gasteiger charge is 2.17. The van der Waals surface area contributed by atoms with Crippen molar-refractivity contribution in [1.29, 1.82) is 0 Å². The van der Waals surface area contributed by atoms with Crippen molar-refractivity contribution in [2.45, 2.75) is 0 Å². The smallest absolute Gasteiger partial charge is 0.336 e. The number of ether oxygens (including phenoxy) is 1. The summed E-state index contributed by atoms with van der Waals surface area (Å²) in [6, 6.07) is 3.93. The lowest BCUT2D eigenvalue weighted by Crippen LogP contribution is -2.00. The van der Waals surface area contributed by atoms with Crippen LogP contribution in [0.5, 0.6) is 11.5 Å². The Morgan fingerprint density at radius 2 is 2.16 bits per heavy atom. The monoisotopic (exact) mass is 345 g/mol. The van der Waals surface area contributed by atoms with Crippen LogP contribution >= 0.6 is 27.5 Å². The highest BCUT2D eigenvalue weighted by atomic mass is 79.9. The standard InChI is InChI=1S/C12H6BrClFNO3/c13-10-8(12(17)18)1-2-9(11(10)15)19-7-3-6(14)4-16-5-7/h1-5H,(H,17,18). The van der Waals surface area contributed by atoms with Gasteiger partial charge in [-0.25, -0.2) is 9.18 Å². The summed E-state index contributed by atoms with van der Waals surface area (Å²) in [4.78, 5) is 14.6. The Balaban J connectivity index is 2.37. The van der Waals surface area contributed by atoms with Gasteiger partial charge in [-0.15, -0.1) is 0 Å². The van der Waals surface area contributed by atoms with Crippen LogP contribution in [0.1, 0.15) is 10.4 Å². The lowest BCUT2D eigenvalue weighted by Gasteiger charge is -2.09. The summed E-state index contributed by atoms with van der Waals surface area (Å²) in [6.45, 7) is 0. The van der Waals surface area contributed by atoms with Gasteiger partial charge in [0.25, 0.3) is 0 Å². The third-order valence-corrected chi connectivity index (χ3v) is 3.17. The zero-order valence-corrected chi connectivity index (χ0v) is 11.6. The molecule has 0 atom stereocenters. The minimum Gasteiger partial charge on any atom is -0.478 e. The molecule has 0 unspecified atom stereocenters. The molecule has 4 nitrogen and oxygen atoms in total. The molecule has 1 N–H and O–H groups in total. The lowest BCUT2D eigenvalue weighted by atomic mass is 10.2. The molecule has 0 amide bonds. The van der Waals surface area contributed by atoms with E-state index >= 15 is 0 Å². The number of hydrogen-bond donors (Lipinski definition) is 1. The van der Waals surface area contributed by atoms with E-state index < -0.39 is 11.8 Å². The molecule has 0 fully saturated rings. The largest absolute Gasteiger partial charge is 0.478 e. The summed E-state index contributed by atoms with van der Waals surface area (Å²) in [6.07, 6.45) is 2.78. The Morgan fingerprint density at radius 1 is 1.42 bits per heavy atom. The third kappa shape index (κ3) is 3.02. The number of nitrogens with zero attached hydrogens (tertiary/aromatic N) is 1. The number of aromatic carboxylic acids is 1. The molecule has 0 bridgehead atoms. The van der Waals surface area contributed by atoms with E-state index in [-0.39, 0.29) is 21.5 Å². The molecular weight excluding hydrogens is 340 g/mol. The predicted molar refractivity (Wildman–Crippen MR) is 70.4 cm³/mol. The number of carboxylic acid groups (broad SMARTS) is 1. The van der Waals surface area contributed by atoms with Gasteiger partial charge in [0.1, 0.15) is 5.75 Å². The van der Waals surface area contributed by atoms with Gasteiger partial charge >= 0.3 is 5.97 Å². The van der Waals surface area contributed by atoms with Crippen molar-refractivity contribution in [3.05, 3.63) is 51.5 Å². The topological polar surface area (TPSA) is 59.4 Å². The highest BCUT2D eigenvalue weighted by molar-refractivity contribution is 9.10. The van der Waals surface area contributed by atoms with E-state index in [1.165, 1.54) is 30.6 Å². The molecule has 2 aromatic rings. The summed E-state index contributed by atoms with van der Waals surface area (Å²) < 4.78 is 19.0. The van der Waals surface area contributed by atoms with Gasteiger partial charge in [0, 0.05) is 12.3 Å². The van der Waals surface area contributed by atoms with Gasteiger partial charge in [0.15, 0.2) is 11.6 Å². The van der Waals surface area contributed by atoms with E-state index in [1.807, 2.05) is 0 Å². The van der Waals surface area contributed by atoms with Crippen LogP contribution in [-0.2, 0) is 0 Å². The number of rotatable bonds is 3.